The van der Waals surface area contributed by atoms with Crippen LogP contribution in [-0.4, -0.2) is 13.1 Å². The highest BCUT2D eigenvalue weighted by Crippen LogP contribution is 2.57. The fourth-order valence-electron chi connectivity index (χ4n) is 5.23. The summed E-state index contributed by atoms with van der Waals surface area (Å²) in [4.78, 5) is 12.5. The number of allylic oxidation sites excluding steroid dienone is 1. The van der Waals surface area contributed by atoms with Crippen LogP contribution < -0.4 is 0 Å². The Morgan fingerprint density at radius 1 is 1.30 bits per heavy atom. The lowest BCUT2D eigenvalue weighted by Gasteiger charge is -2.54. The van der Waals surface area contributed by atoms with Crippen LogP contribution in [0.1, 0.15) is 63.1 Å². The van der Waals surface area contributed by atoms with Crippen LogP contribution in [0, 0.1) is 11.3 Å². The zero-order valence-corrected chi connectivity index (χ0v) is 14.9. The van der Waals surface area contributed by atoms with Gasteiger partial charge in [-0.05, 0) is 67.6 Å². The van der Waals surface area contributed by atoms with Gasteiger partial charge in [-0.3, -0.25) is 4.79 Å². The largest absolute Gasteiger partial charge is 0.469 e. The third-order valence-electron chi connectivity index (χ3n) is 6.50. The average molecular weight is 312 g/mol. The van der Waals surface area contributed by atoms with E-state index in [0.29, 0.717) is 5.92 Å². The molecule has 0 heterocycles. The first-order valence-corrected chi connectivity index (χ1v) is 8.70. The minimum Gasteiger partial charge on any atom is -0.469 e. The van der Waals surface area contributed by atoms with Crippen molar-refractivity contribution in [3.05, 3.63) is 41.5 Å². The number of ether oxygens (including phenoxy) is 1. The van der Waals surface area contributed by atoms with Gasteiger partial charge in [0.15, 0.2) is 0 Å². The number of esters is 1. The summed E-state index contributed by atoms with van der Waals surface area (Å²) < 4.78 is 5.17. The summed E-state index contributed by atoms with van der Waals surface area (Å²) in [6, 6.07) is 6.79. The van der Waals surface area contributed by atoms with Gasteiger partial charge in [0.25, 0.3) is 0 Å². The quantitative estimate of drug-likeness (QED) is 0.726. The lowest BCUT2D eigenvalue weighted by molar-refractivity contribution is -0.161. The van der Waals surface area contributed by atoms with E-state index in [9.17, 15) is 4.79 Å². The number of hydrogen-bond donors (Lipinski definition) is 0. The molecule has 3 rings (SSSR count). The van der Waals surface area contributed by atoms with E-state index in [2.05, 4.69) is 45.5 Å². The van der Waals surface area contributed by atoms with Crippen molar-refractivity contribution >= 4 is 11.5 Å². The molecule has 2 heteroatoms. The molecule has 0 bridgehead atoms. The molecule has 2 aliphatic rings. The second kappa shape index (κ2) is 5.51. The number of rotatable bonds is 2. The minimum absolute atomic E-state index is 0.0320. The van der Waals surface area contributed by atoms with E-state index in [4.69, 9.17) is 4.74 Å². The second-order valence-corrected chi connectivity index (χ2v) is 7.92. The normalized spacial score (nSPS) is 32.6. The zero-order chi connectivity index (χ0) is 16.8. The fourth-order valence-corrected chi connectivity index (χ4v) is 5.23. The standard InChI is InChI=1S/C21H28O2/c1-14(2)15-7-9-17-16(13-15)8-10-18-20(17,3)11-6-12-21(18,4)19(22)23-5/h7,9,13,18H,1,6,8,10-12H2,2-5H3. The van der Waals surface area contributed by atoms with Crippen molar-refractivity contribution < 1.29 is 9.53 Å². The second-order valence-electron chi connectivity index (χ2n) is 7.92. The SMILES string of the molecule is C=C(C)c1ccc2c(c1)CCC1C(C)(C(=O)OC)CCCC21C. The maximum absolute atomic E-state index is 12.5. The lowest BCUT2D eigenvalue weighted by Crippen LogP contribution is -2.52. The molecule has 3 atom stereocenters. The molecule has 1 aromatic rings. The van der Waals surface area contributed by atoms with Gasteiger partial charge in [0.05, 0.1) is 12.5 Å². The molecule has 3 unspecified atom stereocenters. The smallest absolute Gasteiger partial charge is 0.311 e. The molecule has 0 spiro atoms. The maximum Gasteiger partial charge on any atom is 0.311 e. The van der Waals surface area contributed by atoms with Crippen LogP contribution in [0.25, 0.3) is 5.57 Å². The van der Waals surface area contributed by atoms with E-state index in [-0.39, 0.29) is 16.8 Å². The molecule has 23 heavy (non-hydrogen) atoms. The van der Waals surface area contributed by atoms with Crippen LogP contribution >= 0.6 is 0 Å². The van der Waals surface area contributed by atoms with Crippen LogP contribution in [0.15, 0.2) is 24.8 Å². The van der Waals surface area contributed by atoms with Crippen molar-refractivity contribution in [1.29, 1.82) is 0 Å². The third kappa shape index (κ3) is 2.34. The highest BCUT2D eigenvalue weighted by atomic mass is 16.5. The Hall–Kier alpha value is -1.57. The van der Waals surface area contributed by atoms with Crippen molar-refractivity contribution in [3.8, 4) is 0 Å². The molecule has 0 aliphatic heterocycles. The molecule has 1 aromatic carbocycles. The van der Waals surface area contributed by atoms with E-state index in [1.54, 1.807) is 0 Å². The summed E-state index contributed by atoms with van der Waals surface area (Å²) in [7, 11) is 1.52. The highest BCUT2D eigenvalue weighted by molar-refractivity contribution is 5.77. The van der Waals surface area contributed by atoms with Gasteiger partial charge >= 0.3 is 5.97 Å². The Bertz CT molecular complexity index is 660. The maximum atomic E-state index is 12.5. The Morgan fingerprint density at radius 2 is 2.04 bits per heavy atom. The predicted octanol–water partition coefficient (Wildman–Crippen LogP) is 4.90. The summed E-state index contributed by atoms with van der Waals surface area (Å²) in [5.41, 5.74) is 4.95. The fraction of sp³-hybridized carbons (Fsp3) is 0.571. The molecular weight excluding hydrogens is 284 g/mol. The lowest BCUT2D eigenvalue weighted by atomic mass is 9.50. The molecule has 124 valence electrons. The van der Waals surface area contributed by atoms with Crippen molar-refractivity contribution in [3.63, 3.8) is 0 Å². The van der Waals surface area contributed by atoms with E-state index in [1.165, 1.54) is 23.8 Å². The van der Waals surface area contributed by atoms with E-state index < -0.39 is 0 Å². The van der Waals surface area contributed by atoms with Crippen LogP contribution in [0.2, 0.25) is 0 Å². The van der Waals surface area contributed by atoms with Crippen LogP contribution in [-0.2, 0) is 21.4 Å². The Balaban J connectivity index is 2.07. The molecule has 1 fully saturated rings. The first kappa shape index (κ1) is 16.3. The first-order chi connectivity index (χ1) is 10.8. The Morgan fingerprint density at radius 3 is 2.70 bits per heavy atom. The minimum atomic E-state index is -0.355. The van der Waals surface area contributed by atoms with E-state index in [0.717, 1.165) is 37.7 Å². The van der Waals surface area contributed by atoms with Gasteiger partial charge < -0.3 is 4.74 Å². The number of aryl methyl sites for hydroxylation is 1. The topological polar surface area (TPSA) is 26.3 Å². The van der Waals surface area contributed by atoms with Crippen LogP contribution in [0.3, 0.4) is 0 Å². The van der Waals surface area contributed by atoms with Crippen LogP contribution in [0.5, 0.6) is 0 Å². The van der Waals surface area contributed by atoms with Crippen molar-refractivity contribution in [2.24, 2.45) is 11.3 Å². The summed E-state index contributed by atoms with van der Waals surface area (Å²) in [6.07, 6.45) is 5.29. The number of hydrogen-bond acceptors (Lipinski definition) is 2. The molecule has 1 saturated carbocycles. The van der Waals surface area contributed by atoms with Gasteiger partial charge in [-0.25, -0.2) is 0 Å². The van der Waals surface area contributed by atoms with E-state index in [1.807, 2.05) is 0 Å². The molecule has 0 amide bonds. The Kier molecular flexibility index (Phi) is 3.90. The average Bonchev–Trinajstić information content (AvgIpc) is 2.53. The van der Waals surface area contributed by atoms with Gasteiger partial charge in [-0.2, -0.15) is 0 Å². The molecular formula is C21H28O2. The highest BCUT2D eigenvalue weighted by Gasteiger charge is 2.55. The molecule has 0 N–H and O–H groups in total. The van der Waals surface area contributed by atoms with Gasteiger partial charge in [0.2, 0.25) is 0 Å². The molecule has 2 aliphatic carbocycles. The van der Waals surface area contributed by atoms with Crippen molar-refractivity contribution in [2.45, 2.75) is 58.3 Å². The first-order valence-electron chi connectivity index (χ1n) is 8.70. The number of methoxy groups -OCH3 is 1. The number of carbonyl (C=O) groups is 1. The zero-order valence-electron chi connectivity index (χ0n) is 14.9. The third-order valence-corrected chi connectivity index (χ3v) is 6.50. The van der Waals surface area contributed by atoms with Crippen LogP contribution in [0.4, 0.5) is 0 Å². The summed E-state index contributed by atoms with van der Waals surface area (Å²) in [6.45, 7) is 10.6. The van der Waals surface area contributed by atoms with Crippen molar-refractivity contribution in [1.82, 2.24) is 0 Å². The van der Waals surface area contributed by atoms with Gasteiger partial charge in [-0.15, -0.1) is 0 Å². The molecule has 0 saturated heterocycles. The number of carbonyl (C=O) groups excluding carboxylic acids is 1. The number of fused-ring (bicyclic) bond motifs is 3. The number of benzene rings is 1. The monoisotopic (exact) mass is 312 g/mol. The summed E-state index contributed by atoms with van der Waals surface area (Å²) in [5.74, 6) is 0.329. The van der Waals surface area contributed by atoms with Gasteiger partial charge in [0.1, 0.15) is 0 Å². The van der Waals surface area contributed by atoms with Gasteiger partial charge in [0, 0.05) is 0 Å². The summed E-state index contributed by atoms with van der Waals surface area (Å²) in [5, 5.41) is 0. The summed E-state index contributed by atoms with van der Waals surface area (Å²) >= 11 is 0. The van der Waals surface area contributed by atoms with Crippen molar-refractivity contribution in [2.75, 3.05) is 7.11 Å². The molecule has 0 radical (unpaired) electrons. The van der Waals surface area contributed by atoms with Gasteiger partial charge in [-0.1, -0.05) is 43.7 Å². The molecule has 2 nitrogen and oxygen atoms in total. The molecule has 0 aromatic heterocycles. The Labute approximate surface area is 139 Å². The van der Waals surface area contributed by atoms with E-state index >= 15 is 0 Å². The predicted molar refractivity (Wildman–Crippen MR) is 94.3 cm³/mol.